The van der Waals surface area contributed by atoms with Crippen LogP contribution in [0.3, 0.4) is 0 Å². The summed E-state index contributed by atoms with van der Waals surface area (Å²) in [6.45, 7) is 1.81. The van der Waals surface area contributed by atoms with Crippen LogP contribution in [0.5, 0.6) is 5.75 Å². The molecule has 3 nitrogen and oxygen atoms in total. The van der Waals surface area contributed by atoms with Crippen LogP contribution in [-0.4, -0.2) is 24.6 Å². The van der Waals surface area contributed by atoms with Crippen LogP contribution in [0.1, 0.15) is 19.8 Å². The van der Waals surface area contributed by atoms with Crippen molar-refractivity contribution >= 4 is 17.7 Å². The topological polar surface area (TPSA) is 35.5 Å². The third-order valence-electron chi connectivity index (χ3n) is 3.99. The third kappa shape index (κ3) is 5.46. The van der Waals surface area contributed by atoms with E-state index in [1.54, 1.807) is 18.7 Å². The van der Waals surface area contributed by atoms with E-state index in [9.17, 15) is 13.6 Å². The lowest BCUT2D eigenvalue weighted by Crippen LogP contribution is -2.22. The minimum absolute atomic E-state index is 0.0393. The zero-order valence-corrected chi connectivity index (χ0v) is 15.2. The highest BCUT2D eigenvalue weighted by atomic mass is 32.2. The van der Waals surface area contributed by atoms with E-state index in [0.29, 0.717) is 5.75 Å². The van der Waals surface area contributed by atoms with Gasteiger partial charge in [-0.3, -0.25) is 4.79 Å². The number of alkyl halides is 2. The molecule has 1 fully saturated rings. The molecule has 6 heteroatoms. The number of esters is 1. The van der Waals surface area contributed by atoms with Gasteiger partial charge in [-0.05, 0) is 43.3 Å². The second-order valence-electron chi connectivity index (χ2n) is 6.36. The van der Waals surface area contributed by atoms with Crippen molar-refractivity contribution < 1.29 is 23.0 Å². The van der Waals surface area contributed by atoms with Crippen LogP contribution in [0.15, 0.2) is 64.4 Å². The molecular formula is C20H20F2O3S. The molecule has 1 aliphatic rings. The van der Waals surface area contributed by atoms with Crippen LogP contribution in [-0.2, 0) is 9.53 Å². The maximum atomic E-state index is 12.8. The molecule has 0 saturated heterocycles. The molecule has 138 valence electrons. The molecule has 0 bridgehead atoms. The molecule has 0 amide bonds. The summed E-state index contributed by atoms with van der Waals surface area (Å²) in [5, 5.41) is 0. The molecular weight excluding hydrogens is 358 g/mol. The van der Waals surface area contributed by atoms with Crippen molar-refractivity contribution in [2.24, 2.45) is 5.92 Å². The van der Waals surface area contributed by atoms with Gasteiger partial charge >= 0.3 is 5.97 Å². The second kappa shape index (κ2) is 8.08. The van der Waals surface area contributed by atoms with Crippen LogP contribution < -0.4 is 4.74 Å². The summed E-state index contributed by atoms with van der Waals surface area (Å²) in [5.74, 6) is -3.49. The van der Waals surface area contributed by atoms with Crippen LogP contribution in [0.4, 0.5) is 8.78 Å². The van der Waals surface area contributed by atoms with Crippen LogP contribution >= 0.6 is 11.8 Å². The molecule has 2 aromatic carbocycles. The van der Waals surface area contributed by atoms with Gasteiger partial charge in [-0.2, -0.15) is 0 Å². The first-order chi connectivity index (χ1) is 12.4. The van der Waals surface area contributed by atoms with Crippen LogP contribution in [0.25, 0.3) is 0 Å². The van der Waals surface area contributed by atoms with E-state index in [1.807, 2.05) is 54.6 Å². The average Bonchev–Trinajstić information content (AvgIpc) is 3.21. The number of carbonyl (C=O) groups excluding carboxylic acids is 1. The van der Waals surface area contributed by atoms with Gasteiger partial charge in [0, 0.05) is 22.1 Å². The summed E-state index contributed by atoms with van der Waals surface area (Å²) in [6.07, 6.45) is -0.807. The molecule has 3 rings (SSSR count). The highest BCUT2D eigenvalue weighted by Gasteiger charge is 2.57. The van der Waals surface area contributed by atoms with Crippen molar-refractivity contribution in [3.05, 3.63) is 54.6 Å². The maximum Gasteiger partial charge on any atom is 0.306 e. The Morgan fingerprint density at radius 2 is 1.77 bits per heavy atom. The Kier molecular flexibility index (Phi) is 5.81. The van der Waals surface area contributed by atoms with Gasteiger partial charge < -0.3 is 9.47 Å². The van der Waals surface area contributed by atoms with Crippen molar-refractivity contribution in [3.8, 4) is 5.75 Å². The summed E-state index contributed by atoms with van der Waals surface area (Å²) < 4.78 is 36.3. The van der Waals surface area contributed by atoms with Gasteiger partial charge in [0.05, 0.1) is 6.42 Å². The van der Waals surface area contributed by atoms with Gasteiger partial charge in [-0.1, -0.05) is 30.0 Å². The van der Waals surface area contributed by atoms with Crippen molar-refractivity contribution in [1.82, 2.24) is 0 Å². The Balaban J connectivity index is 1.41. The normalized spacial score (nSPS) is 18.8. The quantitative estimate of drug-likeness (QED) is 0.592. The zero-order valence-electron chi connectivity index (χ0n) is 14.4. The fourth-order valence-corrected chi connectivity index (χ4v) is 3.28. The largest absolute Gasteiger partial charge is 0.487 e. The lowest BCUT2D eigenvalue weighted by atomic mass is 10.3. The number of halogens is 2. The first-order valence-electron chi connectivity index (χ1n) is 8.45. The molecule has 0 aromatic heterocycles. The predicted molar refractivity (Wildman–Crippen MR) is 95.7 cm³/mol. The Morgan fingerprint density at radius 1 is 1.15 bits per heavy atom. The molecule has 1 aliphatic carbocycles. The summed E-state index contributed by atoms with van der Waals surface area (Å²) in [7, 11) is 0. The number of rotatable bonds is 8. The Bertz CT molecular complexity index is 734. The summed E-state index contributed by atoms with van der Waals surface area (Å²) in [6, 6.07) is 17.7. The predicted octanol–water partition coefficient (Wildman–Crippen LogP) is 5.19. The molecule has 0 spiro atoms. The Labute approximate surface area is 155 Å². The van der Waals surface area contributed by atoms with Gasteiger partial charge in [0.2, 0.25) is 0 Å². The van der Waals surface area contributed by atoms with Crippen molar-refractivity contribution in [2.75, 3.05) is 6.61 Å². The van der Waals surface area contributed by atoms with E-state index < -0.39 is 17.8 Å². The maximum absolute atomic E-state index is 12.8. The SMILES string of the molecule is CC(COC(=O)CC1CC1(F)F)Oc1ccc(Sc2ccccc2)cc1. The van der Waals surface area contributed by atoms with E-state index in [-0.39, 0.29) is 25.6 Å². The minimum Gasteiger partial charge on any atom is -0.487 e. The summed E-state index contributed by atoms with van der Waals surface area (Å²) >= 11 is 1.65. The number of hydrogen-bond donors (Lipinski definition) is 0. The van der Waals surface area contributed by atoms with E-state index in [1.165, 1.54) is 0 Å². The summed E-state index contributed by atoms with van der Waals surface area (Å²) in [5.41, 5.74) is 0. The van der Waals surface area contributed by atoms with Crippen molar-refractivity contribution in [3.63, 3.8) is 0 Å². The van der Waals surface area contributed by atoms with Crippen molar-refractivity contribution in [2.45, 2.75) is 41.6 Å². The monoisotopic (exact) mass is 378 g/mol. The second-order valence-corrected chi connectivity index (χ2v) is 7.51. The number of benzene rings is 2. The highest BCUT2D eigenvalue weighted by Crippen LogP contribution is 2.50. The number of ether oxygens (including phenoxy) is 2. The first kappa shape index (κ1) is 18.7. The fourth-order valence-electron chi connectivity index (χ4n) is 2.44. The average molecular weight is 378 g/mol. The van der Waals surface area contributed by atoms with Crippen LogP contribution in [0, 0.1) is 5.92 Å². The van der Waals surface area contributed by atoms with E-state index in [2.05, 4.69) is 0 Å². The van der Waals surface area contributed by atoms with E-state index in [0.717, 1.165) is 9.79 Å². The number of hydrogen-bond acceptors (Lipinski definition) is 4. The smallest absolute Gasteiger partial charge is 0.306 e. The highest BCUT2D eigenvalue weighted by molar-refractivity contribution is 7.99. The third-order valence-corrected chi connectivity index (χ3v) is 5.00. The van der Waals surface area contributed by atoms with Gasteiger partial charge in [-0.15, -0.1) is 0 Å². The van der Waals surface area contributed by atoms with Crippen LogP contribution in [0.2, 0.25) is 0 Å². The Hall–Kier alpha value is -2.08. The first-order valence-corrected chi connectivity index (χ1v) is 9.27. The fraction of sp³-hybridized carbons (Fsp3) is 0.350. The lowest BCUT2D eigenvalue weighted by molar-refractivity contribution is -0.146. The molecule has 1 saturated carbocycles. The van der Waals surface area contributed by atoms with Gasteiger partial charge in [0.15, 0.2) is 0 Å². The molecule has 0 radical (unpaired) electrons. The van der Waals surface area contributed by atoms with Gasteiger partial charge in [-0.25, -0.2) is 8.78 Å². The molecule has 0 N–H and O–H groups in total. The van der Waals surface area contributed by atoms with Crippen molar-refractivity contribution in [1.29, 1.82) is 0 Å². The molecule has 26 heavy (non-hydrogen) atoms. The molecule has 2 atom stereocenters. The standard InChI is InChI=1S/C20H20F2O3S/c1-14(13-24-19(23)11-15-12-20(15,21)22)25-16-7-9-18(10-8-16)26-17-5-3-2-4-6-17/h2-10,14-15H,11-13H2,1H3. The minimum atomic E-state index is -2.69. The lowest BCUT2D eigenvalue weighted by Gasteiger charge is -2.15. The van der Waals surface area contributed by atoms with Gasteiger partial charge in [0.25, 0.3) is 5.92 Å². The van der Waals surface area contributed by atoms with E-state index >= 15 is 0 Å². The zero-order chi connectivity index (χ0) is 18.6. The molecule has 2 unspecified atom stereocenters. The Morgan fingerprint density at radius 3 is 2.38 bits per heavy atom. The molecule has 0 heterocycles. The van der Waals surface area contributed by atoms with E-state index in [4.69, 9.17) is 9.47 Å². The summed E-state index contributed by atoms with van der Waals surface area (Å²) in [4.78, 5) is 13.8. The van der Waals surface area contributed by atoms with Gasteiger partial charge in [0.1, 0.15) is 18.5 Å². The molecule has 0 aliphatic heterocycles. The number of carbonyl (C=O) groups is 1. The molecule has 2 aromatic rings.